The predicted octanol–water partition coefficient (Wildman–Crippen LogP) is 4.41. The van der Waals surface area contributed by atoms with Crippen molar-refractivity contribution in [2.45, 2.75) is 26.3 Å². The van der Waals surface area contributed by atoms with Gasteiger partial charge in [0.05, 0.1) is 6.42 Å². The second-order valence-electron chi connectivity index (χ2n) is 7.59. The first-order chi connectivity index (χ1) is 13.6. The van der Waals surface area contributed by atoms with E-state index in [1.807, 2.05) is 29.2 Å². The van der Waals surface area contributed by atoms with E-state index in [2.05, 4.69) is 41.1 Å². The molecule has 1 aliphatic heterocycles. The number of halogens is 1. The molecule has 2 heterocycles. The summed E-state index contributed by atoms with van der Waals surface area (Å²) in [6, 6.07) is 16.3. The quantitative estimate of drug-likeness (QED) is 0.710. The van der Waals surface area contributed by atoms with Crippen molar-refractivity contribution in [2.75, 3.05) is 26.2 Å². The second-order valence-corrected chi connectivity index (χ2v) is 8.02. The molecule has 28 heavy (non-hydrogen) atoms. The van der Waals surface area contributed by atoms with Gasteiger partial charge in [0.15, 0.2) is 0 Å². The molecule has 0 unspecified atom stereocenters. The van der Waals surface area contributed by atoms with Crippen LogP contribution in [0.5, 0.6) is 0 Å². The fourth-order valence-corrected chi connectivity index (χ4v) is 4.18. The van der Waals surface area contributed by atoms with Crippen molar-refractivity contribution in [1.82, 2.24) is 14.8 Å². The highest BCUT2D eigenvalue weighted by molar-refractivity contribution is 6.30. The standard InChI is InChI=1S/C23H26ClN3O/c1-17-21(20-5-2-3-6-22(20)25-17)15-23(28)27-12-4-11-26(13-14-27)16-18-7-9-19(24)10-8-18/h2-3,5-10,25H,4,11-16H2,1H3. The van der Waals surface area contributed by atoms with Crippen LogP contribution in [-0.4, -0.2) is 46.9 Å². The number of benzene rings is 2. The van der Waals surface area contributed by atoms with Crippen LogP contribution in [0, 0.1) is 6.92 Å². The number of carbonyl (C=O) groups is 1. The third-order valence-electron chi connectivity index (χ3n) is 5.62. The van der Waals surface area contributed by atoms with Gasteiger partial charge < -0.3 is 9.88 Å². The van der Waals surface area contributed by atoms with Gasteiger partial charge in [-0.3, -0.25) is 9.69 Å². The molecule has 1 N–H and O–H groups in total. The number of aryl methyl sites for hydroxylation is 1. The smallest absolute Gasteiger partial charge is 0.227 e. The Labute approximate surface area is 171 Å². The van der Waals surface area contributed by atoms with Crippen molar-refractivity contribution < 1.29 is 4.79 Å². The molecule has 4 nitrogen and oxygen atoms in total. The van der Waals surface area contributed by atoms with Crippen molar-refractivity contribution in [3.05, 3.63) is 70.4 Å². The third kappa shape index (κ3) is 4.23. The molecule has 0 radical (unpaired) electrons. The van der Waals surface area contributed by atoms with Gasteiger partial charge >= 0.3 is 0 Å². The van der Waals surface area contributed by atoms with E-state index < -0.39 is 0 Å². The highest BCUT2D eigenvalue weighted by Gasteiger charge is 2.21. The number of H-pyrrole nitrogens is 1. The molecule has 5 heteroatoms. The van der Waals surface area contributed by atoms with Crippen molar-refractivity contribution in [1.29, 1.82) is 0 Å². The van der Waals surface area contributed by atoms with Crippen molar-refractivity contribution in [2.24, 2.45) is 0 Å². The maximum Gasteiger partial charge on any atom is 0.227 e. The van der Waals surface area contributed by atoms with Gasteiger partial charge in [-0.1, -0.05) is 41.9 Å². The van der Waals surface area contributed by atoms with Gasteiger partial charge in [0, 0.05) is 54.3 Å². The van der Waals surface area contributed by atoms with Gasteiger partial charge in [-0.15, -0.1) is 0 Å². The lowest BCUT2D eigenvalue weighted by molar-refractivity contribution is -0.130. The fraction of sp³-hybridized carbons (Fsp3) is 0.348. The van der Waals surface area contributed by atoms with Crippen molar-refractivity contribution in [3.63, 3.8) is 0 Å². The number of hydrogen-bond donors (Lipinski definition) is 1. The zero-order valence-corrected chi connectivity index (χ0v) is 17.0. The molecule has 1 aromatic heterocycles. The topological polar surface area (TPSA) is 39.3 Å². The molecule has 1 saturated heterocycles. The van der Waals surface area contributed by atoms with Crippen molar-refractivity contribution in [3.8, 4) is 0 Å². The van der Waals surface area contributed by atoms with E-state index in [0.717, 1.165) is 66.3 Å². The molecule has 0 bridgehead atoms. The number of nitrogens with zero attached hydrogens (tertiary/aromatic N) is 2. The molecular formula is C23H26ClN3O. The molecular weight excluding hydrogens is 370 g/mol. The lowest BCUT2D eigenvalue weighted by Crippen LogP contribution is -2.36. The summed E-state index contributed by atoms with van der Waals surface area (Å²) in [6.45, 7) is 6.49. The lowest BCUT2D eigenvalue weighted by Gasteiger charge is -2.22. The van der Waals surface area contributed by atoms with Gasteiger partial charge in [0.2, 0.25) is 5.91 Å². The molecule has 2 aromatic carbocycles. The summed E-state index contributed by atoms with van der Waals surface area (Å²) < 4.78 is 0. The Bertz CT molecular complexity index is 964. The Morgan fingerprint density at radius 1 is 1.04 bits per heavy atom. The number of para-hydroxylation sites is 1. The number of hydrogen-bond acceptors (Lipinski definition) is 2. The van der Waals surface area contributed by atoms with Gasteiger partial charge in [-0.2, -0.15) is 0 Å². The minimum Gasteiger partial charge on any atom is -0.358 e. The van der Waals surface area contributed by atoms with Crippen LogP contribution in [0.2, 0.25) is 5.02 Å². The molecule has 0 saturated carbocycles. The SMILES string of the molecule is Cc1[nH]c2ccccc2c1CC(=O)N1CCCN(Cc2ccc(Cl)cc2)CC1. The third-order valence-corrected chi connectivity index (χ3v) is 5.87. The number of carbonyl (C=O) groups excluding carboxylic acids is 1. The van der Waals surface area contributed by atoms with Crippen LogP contribution in [-0.2, 0) is 17.8 Å². The number of fused-ring (bicyclic) bond motifs is 1. The first kappa shape index (κ1) is 19.0. The van der Waals surface area contributed by atoms with E-state index in [1.54, 1.807) is 0 Å². The molecule has 3 aromatic rings. The van der Waals surface area contributed by atoms with Crippen molar-refractivity contribution >= 4 is 28.4 Å². The summed E-state index contributed by atoms with van der Waals surface area (Å²) in [5, 5.41) is 1.93. The zero-order valence-electron chi connectivity index (χ0n) is 16.2. The summed E-state index contributed by atoms with van der Waals surface area (Å²) in [6.07, 6.45) is 1.47. The maximum absolute atomic E-state index is 13.0. The van der Waals surface area contributed by atoms with E-state index in [9.17, 15) is 4.79 Å². The average Bonchev–Trinajstić information content (AvgIpc) is 2.86. The Morgan fingerprint density at radius 2 is 1.82 bits per heavy atom. The van der Waals surface area contributed by atoms with Crippen LogP contribution in [0.4, 0.5) is 0 Å². The van der Waals surface area contributed by atoms with Gasteiger partial charge in [0.1, 0.15) is 0 Å². The van der Waals surface area contributed by atoms with E-state index in [0.29, 0.717) is 6.42 Å². The minimum atomic E-state index is 0.223. The summed E-state index contributed by atoms with van der Waals surface area (Å²) in [7, 11) is 0. The summed E-state index contributed by atoms with van der Waals surface area (Å²) in [4.78, 5) is 20.8. The number of aromatic amines is 1. The van der Waals surface area contributed by atoms with E-state index >= 15 is 0 Å². The molecule has 0 atom stereocenters. The molecule has 4 rings (SSSR count). The average molecular weight is 396 g/mol. The zero-order chi connectivity index (χ0) is 19.5. The first-order valence-corrected chi connectivity index (χ1v) is 10.3. The number of aromatic nitrogens is 1. The molecule has 1 fully saturated rings. The Morgan fingerprint density at radius 3 is 2.64 bits per heavy atom. The largest absolute Gasteiger partial charge is 0.358 e. The summed E-state index contributed by atoms with van der Waals surface area (Å²) >= 11 is 5.98. The molecule has 1 aliphatic rings. The molecule has 0 aliphatic carbocycles. The molecule has 0 spiro atoms. The fourth-order valence-electron chi connectivity index (χ4n) is 4.05. The normalized spacial score (nSPS) is 15.7. The van der Waals surface area contributed by atoms with Crippen LogP contribution < -0.4 is 0 Å². The van der Waals surface area contributed by atoms with Crippen LogP contribution in [0.3, 0.4) is 0 Å². The van der Waals surface area contributed by atoms with E-state index in [-0.39, 0.29) is 5.91 Å². The number of nitrogens with one attached hydrogen (secondary N) is 1. The van der Waals surface area contributed by atoms with Crippen LogP contribution in [0.25, 0.3) is 10.9 Å². The minimum absolute atomic E-state index is 0.223. The van der Waals surface area contributed by atoms with Crippen LogP contribution in [0.15, 0.2) is 48.5 Å². The maximum atomic E-state index is 13.0. The Balaban J connectivity index is 1.39. The predicted molar refractivity (Wildman–Crippen MR) is 115 cm³/mol. The van der Waals surface area contributed by atoms with E-state index in [4.69, 9.17) is 11.6 Å². The lowest BCUT2D eigenvalue weighted by atomic mass is 10.1. The Hall–Kier alpha value is -2.30. The van der Waals surface area contributed by atoms with E-state index in [1.165, 1.54) is 5.56 Å². The van der Waals surface area contributed by atoms with Gasteiger partial charge in [0.25, 0.3) is 0 Å². The highest BCUT2D eigenvalue weighted by atomic mass is 35.5. The number of amides is 1. The summed E-state index contributed by atoms with van der Waals surface area (Å²) in [5.41, 5.74) is 4.59. The first-order valence-electron chi connectivity index (χ1n) is 9.91. The monoisotopic (exact) mass is 395 g/mol. The van der Waals surface area contributed by atoms with Crippen LogP contribution in [0.1, 0.15) is 23.2 Å². The van der Waals surface area contributed by atoms with Crippen LogP contribution >= 0.6 is 11.6 Å². The molecule has 146 valence electrons. The highest BCUT2D eigenvalue weighted by Crippen LogP contribution is 2.23. The summed E-state index contributed by atoms with van der Waals surface area (Å²) in [5.74, 6) is 0.223. The van der Waals surface area contributed by atoms with Gasteiger partial charge in [-0.25, -0.2) is 0 Å². The Kier molecular flexibility index (Phi) is 5.69. The van der Waals surface area contributed by atoms with Gasteiger partial charge in [-0.05, 0) is 42.7 Å². The molecule has 1 amide bonds. The second kappa shape index (κ2) is 8.38. The number of rotatable bonds is 4.